The van der Waals surface area contributed by atoms with Gasteiger partial charge in [0.1, 0.15) is 5.82 Å². The second kappa shape index (κ2) is 6.99. The van der Waals surface area contributed by atoms with E-state index in [1.807, 2.05) is 0 Å². The number of carboxylic acid groups (broad SMARTS) is 1. The van der Waals surface area contributed by atoms with Crippen molar-refractivity contribution in [2.24, 2.45) is 0 Å². The second-order valence-corrected chi connectivity index (χ2v) is 8.88. The van der Waals surface area contributed by atoms with E-state index in [4.69, 9.17) is 5.11 Å². The zero-order valence-corrected chi connectivity index (χ0v) is 16.5. The Balaban J connectivity index is 1.78. The van der Waals surface area contributed by atoms with Gasteiger partial charge in [-0.2, -0.15) is 0 Å². The summed E-state index contributed by atoms with van der Waals surface area (Å²) in [5.41, 5.74) is 5.19. The molecule has 4 heteroatoms. The predicted molar refractivity (Wildman–Crippen MR) is 107 cm³/mol. The highest BCUT2D eigenvalue weighted by molar-refractivity contribution is 5.70. The van der Waals surface area contributed by atoms with Gasteiger partial charge in [0.05, 0.1) is 6.42 Å². The van der Waals surface area contributed by atoms with E-state index in [2.05, 4.69) is 51.2 Å². The molecule has 0 aliphatic heterocycles. The molecule has 0 bridgehead atoms. The number of carbonyl (C=O) groups is 1. The van der Waals surface area contributed by atoms with Crippen LogP contribution in [0.15, 0.2) is 36.4 Å². The quantitative estimate of drug-likeness (QED) is 0.740. The first-order chi connectivity index (χ1) is 12.6. The van der Waals surface area contributed by atoms with Crippen molar-refractivity contribution in [2.75, 3.05) is 5.32 Å². The van der Waals surface area contributed by atoms with Crippen LogP contribution < -0.4 is 5.32 Å². The lowest BCUT2D eigenvalue weighted by Crippen LogP contribution is -2.33. The van der Waals surface area contributed by atoms with Gasteiger partial charge in [-0.15, -0.1) is 0 Å². The Morgan fingerprint density at radius 1 is 1.04 bits per heavy atom. The van der Waals surface area contributed by atoms with E-state index in [9.17, 15) is 9.18 Å². The van der Waals surface area contributed by atoms with Crippen LogP contribution in [0.5, 0.6) is 0 Å². The highest BCUT2D eigenvalue weighted by Crippen LogP contribution is 2.45. The van der Waals surface area contributed by atoms with Crippen LogP contribution in [0, 0.1) is 5.82 Å². The lowest BCUT2D eigenvalue weighted by Gasteiger charge is -2.42. The number of anilines is 1. The Kier molecular flexibility index (Phi) is 5.02. The normalized spacial score (nSPS) is 17.2. The summed E-state index contributed by atoms with van der Waals surface area (Å²) >= 11 is 0. The summed E-state index contributed by atoms with van der Waals surface area (Å²) < 4.78 is 14.0. The number of hydrogen-bond acceptors (Lipinski definition) is 2. The average Bonchev–Trinajstić information content (AvgIpc) is 2.59. The molecule has 0 saturated heterocycles. The molecule has 0 saturated carbocycles. The van der Waals surface area contributed by atoms with Crippen LogP contribution in [0.4, 0.5) is 10.1 Å². The zero-order chi connectivity index (χ0) is 19.8. The van der Waals surface area contributed by atoms with E-state index in [0.29, 0.717) is 12.2 Å². The fourth-order valence-corrected chi connectivity index (χ4v) is 3.91. The average molecular weight is 369 g/mol. The first-order valence-electron chi connectivity index (χ1n) is 9.46. The topological polar surface area (TPSA) is 49.3 Å². The van der Waals surface area contributed by atoms with Crippen LogP contribution in [-0.4, -0.2) is 11.1 Å². The molecule has 0 radical (unpaired) electrons. The molecule has 0 amide bonds. The van der Waals surface area contributed by atoms with Crippen molar-refractivity contribution in [2.45, 2.75) is 64.3 Å². The first-order valence-corrected chi connectivity index (χ1v) is 9.46. The number of hydrogen-bond donors (Lipinski definition) is 2. The fourth-order valence-electron chi connectivity index (χ4n) is 3.91. The molecule has 0 atom stereocenters. The highest BCUT2D eigenvalue weighted by atomic mass is 19.1. The third-order valence-electron chi connectivity index (χ3n) is 5.81. The molecule has 0 fully saturated rings. The molecule has 3 nitrogen and oxygen atoms in total. The first kappa shape index (κ1) is 19.4. The minimum absolute atomic E-state index is 0.158. The SMILES string of the molecule is CC1(C)CCC(C)(C)c2cc(CNc3ccc(CC(=O)O)c(F)c3)ccc21. The van der Waals surface area contributed by atoms with Crippen molar-refractivity contribution in [3.05, 3.63) is 64.5 Å². The van der Waals surface area contributed by atoms with Crippen molar-refractivity contribution in [3.63, 3.8) is 0 Å². The van der Waals surface area contributed by atoms with E-state index >= 15 is 0 Å². The summed E-state index contributed by atoms with van der Waals surface area (Å²) in [5.74, 6) is -1.52. The predicted octanol–water partition coefficient (Wildman–Crippen LogP) is 5.41. The van der Waals surface area contributed by atoms with Gasteiger partial charge in [-0.3, -0.25) is 4.79 Å². The lowest BCUT2D eigenvalue weighted by atomic mass is 9.63. The Labute approximate surface area is 160 Å². The molecule has 3 rings (SSSR count). The van der Waals surface area contributed by atoms with E-state index in [-0.39, 0.29) is 22.8 Å². The standard InChI is InChI=1S/C23H28FNO2/c1-22(2)9-10-23(3,4)19-11-15(5-8-18(19)22)14-25-17-7-6-16(12-21(26)27)20(24)13-17/h5-8,11,13,25H,9-10,12,14H2,1-4H3,(H,26,27). The molecule has 0 heterocycles. The Bertz CT molecular complexity index is 871. The molecule has 1 aliphatic carbocycles. The van der Waals surface area contributed by atoms with Crippen LogP contribution in [0.25, 0.3) is 0 Å². The van der Waals surface area contributed by atoms with Gasteiger partial charge in [0.2, 0.25) is 0 Å². The Morgan fingerprint density at radius 2 is 1.70 bits per heavy atom. The maximum atomic E-state index is 14.0. The summed E-state index contributed by atoms with van der Waals surface area (Å²) in [4.78, 5) is 10.7. The van der Waals surface area contributed by atoms with Gasteiger partial charge in [-0.25, -0.2) is 4.39 Å². The largest absolute Gasteiger partial charge is 0.481 e. The highest BCUT2D eigenvalue weighted by Gasteiger charge is 2.36. The summed E-state index contributed by atoms with van der Waals surface area (Å²) in [7, 11) is 0. The van der Waals surface area contributed by atoms with Crippen LogP contribution in [-0.2, 0) is 28.6 Å². The van der Waals surface area contributed by atoms with Crippen molar-refractivity contribution < 1.29 is 14.3 Å². The molecule has 0 unspecified atom stereocenters. The third kappa shape index (κ3) is 4.15. The van der Waals surface area contributed by atoms with Gasteiger partial charge < -0.3 is 10.4 Å². The van der Waals surface area contributed by atoms with Crippen molar-refractivity contribution in [1.29, 1.82) is 0 Å². The molecule has 2 N–H and O–H groups in total. The third-order valence-corrected chi connectivity index (χ3v) is 5.81. The molecule has 2 aromatic carbocycles. The molecule has 1 aliphatic rings. The summed E-state index contributed by atoms with van der Waals surface area (Å²) in [5, 5.41) is 12.1. The van der Waals surface area contributed by atoms with Gasteiger partial charge in [-0.1, -0.05) is 52.0 Å². The van der Waals surface area contributed by atoms with Crippen molar-refractivity contribution >= 4 is 11.7 Å². The smallest absolute Gasteiger partial charge is 0.307 e. The van der Waals surface area contributed by atoms with Gasteiger partial charge in [0.15, 0.2) is 0 Å². The maximum Gasteiger partial charge on any atom is 0.307 e. The molecule has 27 heavy (non-hydrogen) atoms. The van der Waals surface area contributed by atoms with Gasteiger partial charge >= 0.3 is 5.97 Å². The number of fused-ring (bicyclic) bond motifs is 1. The summed E-state index contributed by atoms with van der Waals surface area (Å²) in [6.07, 6.45) is 2.05. The Morgan fingerprint density at radius 3 is 2.33 bits per heavy atom. The molecule has 144 valence electrons. The van der Waals surface area contributed by atoms with E-state index in [0.717, 1.165) is 5.56 Å². The number of benzene rings is 2. The van der Waals surface area contributed by atoms with Crippen LogP contribution in [0.1, 0.15) is 62.8 Å². The summed E-state index contributed by atoms with van der Waals surface area (Å²) in [6.45, 7) is 9.81. The molecular formula is C23H28FNO2. The monoisotopic (exact) mass is 369 g/mol. The zero-order valence-electron chi connectivity index (χ0n) is 16.5. The van der Waals surface area contributed by atoms with E-state index in [1.165, 1.54) is 36.1 Å². The molecule has 0 spiro atoms. The number of nitrogens with one attached hydrogen (secondary N) is 1. The van der Waals surface area contributed by atoms with Gasteiger partial charge in [0.25, 0.3) is 0 Å². The van der Waals surface area contributed by atoms with Crippen LogP contribution in [0.3, 0.4) is 0 Å². The second-order valence-electron chi connectivity index (χ2n) is 8.88. The molecule has 0 aromatic heterocycles. The van der Waals surface area contributed by atoms with Crippen LogP contribution >= 0.6 is 0 Å². The number of carboxylic acids is 1. The number of halogens is 1. The Hall–Kier alpha value is -2.36. The number of aliphatic carboxylic acids is 1. The summed E-state index contributed by atoms with van der Waals surface area (Å²) in [6, 6.07) is 11.3. The van der Waals surface area contributed by atoms with Crippen molar-refractivity contribution in [3.8, 4) is 0 Å². The molecule has 2 aromatic rings. The fraction of sp³-hybridized carbons (Fsp3) is 0.435. The van der Waals surface area contributed by atoms with E-state index in [1.54, 1.807) is 6.07 Å². The molecular weight excluding hydrogens is 341 g/mol. The van der Waals surface area contributed by atoms with Gasteiger partial charge in [-0.05, 0) is 58.1 Å². The minimum Gasteiger partial charge on any atom is -0.481 e. The van der Waals surface area contributed by atoms with Crippen molar-refractivity contribution in [1.82, 2.24) is 0 Å². The number of rotatable bonds is 5. The van der Waals surface area contributed by atoms with Gasteiger partial charge in [0, 0.05) is 12.2 Å². The maximum absolute atomic E-state index is 14.0. The minimum atomic E-state index is -1.03. The van der Waals surface area contributed by atoms with E-state index < -0.39 is 11.8 Å². The lowest BCUT2D eigenvalue weighted by molar-refractivity contribution is -0.136. The van der Waals surface area contributed by atoms with Crippen LogP contribution in [0.2, 0.25) is 0 Å².